The van der Waals surface area contributed by atoms with E-state index in [1.165, 1.54) is 0 Å². The molecular formula is C14H21N3O. The lowest BCUT2D eigenvalue weighted by Crippen LogP contribution is -2.41. The van der Waals surface area contributed by atoms with Crippen LogP contribution in [0.25, 0.3) is 0 Å². The van der Waals surface area contributed by atoms with E-state index in [1.54, 1.807) is 0 Å². The first-order valence-electron chi connectivity index (χ1n) is 6.47. The topological polar surface area (TPSA) is 44.4 Å². The standard InChI is InChI=1S/C14H21N3O/c1-17(13-7-8-15-10-13)11-14(18)16-9-12-5-3-2-4-6-12/h2-6,13,15H,7-11H2,1H3,(H,16,18). The maximum Gasteiger partial charge on any atom is 0.234 e. The highest BCUT2D eigenvalue weighted by molar-refractivity contribution is 5.78. The van der Waals surface area contributed by atoms with Crippen molar-refractivity contribution in [3.8, 4) is 0 Å². The molecule has 4 nitrogen and oxygen atoms in total. The molecule has 0 spiro atoms. The van der Waals surface area contributed by atoms with Crippen LogP contribution in [0.5, 0.6) is 0 Å². The van der Waals surface area contributed by atoms with Crippen LogP contribution < -0.4 is 10.6 Å². The van der Waals surface area contributed by atoms with E-state index in [4.69, 9.17) is 0 Å². The number of carbonyl (C=O) groups excluding carboxylic acids is 1. The maximum atomic E-state index is 11.8. The lowest BCUT2D eigenvalue weighted by molar-refractivity contribution is -0.122. The van der Waals surface area contributed by atoms with Crippen molar-refractivity contribution < 1.29 is 4.79 Å². The minimum absolute atomic E-state index is 0.0910. The Morgan fingerprint density at radius 1 is 1.44 bits per heavy atom. The minimum atomic E-state index is 0.0910. The largest absolute Gasteiger partial charge is 0.351 e. The number of likely N-dealkylation sites (N-methyl/N-ethyl adjacent to an activating group) is 1. The average molecular weight is 247 g/mol. The summed E-state index contributed by atoms with van der Waals surface area (Å²) in [6, 6.07) is 10.5. The predicted octanol–water partition coefficient (Wildman–Crippen LogP) is 0.596. The van der Waals surface area contributed by atoms with Gasteiger partial charge in [0.15, 0.2) is 0 Å². The maximum absolute atomic E-state index is 11.8. The third-order valence-corrected chi connectivity index (χ3v) is 3.38. The molecule has 0 radical (unpaired) electrons. The van der Waals surface area contributed by atoms with Gasteiger partial charge in [-0.2, -0.15) is 0 Å². The summed E-state index contributed by atoms with van der Waals surface area (Å²) in [6.45, 7) is 3.12. The van der Waals surface area contributed by atoms with Crippen LogP contribution in [-0.4, -0.2) is 43.5 Å². The zero-order valence-electron chi connectivity index (χ0n) is 10.9. The van der Waals surface area contributed by atoms with Crippen LogP contribution in [0.4, 0.5) is 0 Å². The molecule has 1 saturated heterocycles. The van der Waals surface area contributed by atoms with E-state index in [9.17, 15) is 4.79 Å². The van der Waals surface area contributed by atoms with Crippen molar-refractivity contribution >= 4 is 5.91 Å². The Labute approximate surface area is 108 Å². The summed E-state index contributed by atoms with van der Waals surface area (Å²) in [5.41, 5.74) is 1.14. The Kier molecular flexibility index (Phi) is 4.73. The molecule has 1 aliphatic rings. The number of carbonyl (C=O) groups is 1. The monoisotopic (exact) mass is 247 g/mol. The van der Waals surface area contributed by atoms with Crippen LogP contribution >= 0.6 is 0 Å². The van der Waals surface area contributed by atoms with Gasteiger partial charge in [0.1, 0.15) is 0 Å². The van der Waals surface area contributed by atoms with Gasteiger partial charge in [-0.3, -0.25) is 9.69 Å². The lowest BCUT2D eigenvalue weighted by Gasteiger charge is -2.22. The summed E-state index contributed by atoms with van der Waals surface area (Å²) in [4.78, 5) is 13.9. The van der Waals surface area contributed by atoms with Crippen molar-refractivity contribution in [1.82, 2.24) is 15.5 Å². The molecule has 1 fully saturated rings. The first-order valence-corrected chi connectivity index (χ1v) is 6.47. The Balaban J connectivity index is 1.71. The summed E-state index contributed by atoms with van der Waals surface area (Å²) in [5.74, 6) is 0.0910. The molecule has 1 aromatic rings. The lowest BCUT2D eigenvalue weighted by atomic mass is 10.2. The van der Waals surface area contributed by atoms with Crippen molar-refractivity contribution in [1.29, 1.82) is 0 Å². The highest BCUT2D eigenvalue weighted by atomic mass is 16.2. The highest BCUT2D eigenvalue weighted by Gasteiger charge is 2.20. The molecule has 0 saturated carbocycles. The first-order chi connectivity index (χ1) is 8.75. The fraction of sp³-hybridized carbons (Fsp3) is 0.500. The number of hydrogen-bond acceptors (Lipinski definition) is 3. The van der Waals surface area contributed by atoms with Gasteiger partial charge in [0, 0.05) is 19.1 Å². The van der Waals surface area contributed by atoms with Crippen LogP contribution in [0, 0.1) is 0 Å². The second-order valence-corrected chi connectivity index (χ2v) is 4.82. The molecule has 2 N–H and O–H groups in total. The number of nitrogens with zero attached hydrogens (tertiary/aromatic N) is 1. The molecule has 0 bridgehead atoms. The number of rotatable bonds is 5. The van der Waals surface area contributed by atoms with E-state index < -0.39 is 0 Å². The van der Waals surface area contributed by atoms with Gasteiger partial charge < -0.3 is 10.6 Å². The summed E-state index contributed by atoms with van der Waals surface area (Å²) in [5, 5.41) is 6.26. The van der Waals surface area contributed by atoms with Gasteiger partial charge in [-0.15, -0.1) is 0 Å². The van der Waals surface area contributed by atoms with Crippen LogP contribution in [-0.2, 0) is 11.3 Å². The Morgan fingerprint density at radius 2 is 2.22 bits per heavy atom. The van der Waals surface area contributed by atoms with Gasteiger partial charge in [0.05, 0.1) is 6.54 Å². The predicted molar refractivity (Wildman–Crippen MR) is 72.2 cm³/mol. The van der Waals surface area contributed by atoms with E-state index >= 15 is 0 Å². The average Bonchev–Trinajstić information content (AvgIpc) is 2.91. The molecule has 18 heavy (non-hydrogen) atoms. The minimum Gasteiger partial charge on any atom is -0.351 e. The van der Waals surface area contributed by atoms with Gasteiger partial charge >= 0.3 is 0 Å². The molecule has 98 valence electrons. The number of benzene rings is 1. The summed E-state index contributed by atoms with van der Waals surface area (Å²) >= 11 is 0. The molecule has 1 heterocycles. The molecular weight excluding hydrogens is 226 g/mol. The molecule has 1 aromatic carbocycles. The number of amides is 1. The molecule has 1 aliphatic heterocycles. The first kappa shape index (κ1) is 13.1. The van der Waals surface area contributed by atoms with Gasteiger partial charge in [-0.25, -0.2) is 0 Å². The summed E-state index contributed by atoms with van der Waals surface area (Å²) in [7, 11) is 2.01. The van der Waals surface area contributed by atoms with E-state index in [0.29, 0.717) is 19.1 Å². The smallest absolute Gasteiger partial charge is 0.234 e. The van der Waals surface area contributed by atoms with Crippen LogP contribution in [0.3, 0.4) is 0 Å². The second-order valence-electron chi connectivity index (χ2n) is 4.82. The third kappa shape index (κ3) is 3.82. The molecule has 2 rings (SSSR count). The van der Waals surface area contributed by atoms with Crippen LogP contribution in [0.15, 0.2) is 30.3 Å². The van der Waals surface area contributed by atoms with Gasteiger partial charge in [0.25, 0.3) is 0 Å². The van der Waals surface area contributed by atoms with Gasteiger partial charge in [-0.05, 0) is 25.6 Å². The van der Waals surface area contributed by atoms with E-state index in [-0.39, 0.29) is 5.91 Å². The fourth-order valence-corrected chi connectivity index (χ4v) is 2.22. The summed E-state index contributed by atoms with van der Waals surface area (Å²) in [6.07, 6.45) is 1.13. The van der Waals surface area contributed by atoms with Crippen molar-refractivity contribution in [2.24, 2.45) is 0 Å². The van der Waals surface area contributed by atoms with Crippen molar-refractivity contribution in [2.45, 2.75) is 19.0 Å². The molecule has 0 aromatic heterocycles. The Bertz CT molecular complexity index is 374. The van der Waals surface area contributed by atoms with Crippen molar-refractivity contribution in [3.05, 3.63) is 35.9 Å². The fourth-order valence-electron chi connectivity index (χ4n) is 2.22. The highest BCUT2D eigenvalue weighted by Crippen LogP contribution is 2.05. The third-order valence-electron chi connectivity index (χ3n) is 3.38. The molecule has 0 aliphatic carbocycles. The molecule has 1 unspecified atom stereocenters. The van der Waals surface area contributed by atoms with Crippen molar-refractivity contribution in [2.75, 3.05) is 26.7 Å². The molecule has 1 atom stereocenters. The van der Waals surface area contributed by atoms with Crippen molar-refractivity contribution in [3.63, 3.8) is 0 Å². The van der Waals surface area contributed by atoms with Gasteiger partial charge in [0.2, 0.25) is 5.91 Å². The quantitative estimate of drug-likeness (QED) is 0.801. The molecule has 4 heteroatoms. The second kappa shape index (κ2) is 6.52. The van der Waals surface area contributed by atoms with E-state index in [1.807, 2.05) is 37.4 Å². The van der Waals surface area contributed by atoms with Crippen LogP contribution in [0.2, 0.25) is 0 Å². The zero-order valence-corrected chi connectivity index (χ0v) is 10.9. The number of nitrogens with one attached hydrogen (secondary N) is 2. The van der Waals surface area contributed by atoms with Gasteiger partial charge in [-0.1, -0.05) is 30.3 Å². The Hall–Kier alpha value is -1.39. The van der Waals surface area contributed by atoms with Crippen LogP contribution in [0.1, 0.15) is 12.0 Å². The Morgan fingerprint density at radius 3 is 2.89 bits per heavy atom. The normalized spacial score (nSPS) is 19.1. The molecule has 1 amide bonds. The van der Waals surface area contributed by atoms with E-state index in [0.717, 1.165) is 25.1 Å². The van der Waals surface area contributed by atoms with E-state index in [2.05, 4.69) is 15.5 Å². The zero-order chi connectivity index (χ0) is 12.8. The summed E-state index contributed by atoms with van der Waals surface area (Å²) < 4.78 is 0. The number of hydrogen-bond donors (Lipinski definition) is 2. The SMILES string of the molecule is CN(CC(=O)NCc1ccccc1)C1CCNC1.